The number of furan rings is 1. The van der Waals surface area contributed by atoms with Crippen LogP contribution in [0, 0.1) is 11.6 Å². The highest BCUT2D eigenvalue weighted by Crippen LogP contribution is 2.34. The minimum atomic E-state index is -1.09. The third-order valence-corrected chi connectivity index (χ3v) is 4.96. The van der Waals surface area contributed by atoms with Crippen molar-refractivity contribution in [2.45, 2.75) is 19.6 Å². The summed E-state index contributed by atoms with van der Waals surface area (Å²) >= 11 is 0. The first-order chi connectivity index (χ1) is 15.0. The Bertz CT molecular complexity index is 1270. The number of hydrogen-bond donors (Lipinski definition) is 2. The smallest absolute Gasteiger partial charge is 0.307 e. The summed E-state index contributed by atoms with van der Waals surface area (Å²) in [6, 6.07) is 14.1. The number of rotatable bonds is 7. The van der Waals surface area contributed by atoms with Crippen molar-refractivity contribution in [3.05, 3.63) is 89.2 Å². The van der Waals surface area contributed by atoms with Gasteiger partial charge in [0.25, 0.3) is 0 Å². The van der Waals surface area contributed by atoms with Crippen LogP contribution < -0.4 is 10.5 Å². The molecule has 0 atom stereocenters. The molecule has 0 saturated carbocycles. The van der Waals surface area contributed by atoms with Crippen molar-refractivity contribution < 1.29 is 27.8 Å². The Labute approximate surface area is 176 Å². The van der Waals surface area contributed by atoms with Crippen LogP contribution in [0.15, 0.2) is 65.3 Å². The van der Waals surface area contributed by atoms with Crippen LogP contribution in [0.2, 0.25) is 0 Å². The Morgan fingerprint density at radius 3 is 2.65 bits per heavy atom. The number of nitrogens with two attached hydrogens (primary N) is 1. The van der Waals surface area contributed by atoms with Crippen LogP contribution in [-0.2, 0) is 24.4 Å². The number of ether oxygens (including phenoxy) is 1. The molecule has 0 aliphatic heterocycles. The quantitative estimate of drug-likeness (QED) is 0.435. The molecule has 1 aromatic heterocycles. The van der Waals surface area contributed by atoms with E-state index in [9.17, 15) is 13.6 Å². The summed E-state index contributed by atoms with van der Waals surface area (Å²) in [7, 11) is 0. The van der Waals surface area contributed by atoms with Crippen molar-refractivity contribution in [2.75, 3.05) is 0 Å². The van der Waals surface area contributed by atoms with E-state index in [-0.39, 0.29) is 30.9 Å². The maximum atomic E-state index is 14.9. The Morgan fingerprint density at radius 1 is 1.03 bits per heavy atom. The van der Waals surface area contributed by atoms with Gasteiger partial charge in [0.2, 0.25) is 0 Å². The second-order valence-electron chi connectivity index (χ2n) is 7.08. The molecule has 0 fully saturated rings. The fraction of sp³-hybridized carbons (Fsp3) is 0.125. The number of aliphatic carboxylic acids is 1. The molecule has 0 amide bonds. The van der Waals surface area contributed by atoms with E-state index in [1.165, 1.54) is 18.4 Å². The first kappa shape index (κ1) is 20.6. The number of benzene rings is 3. The topological polar surface area (TPSA) is 85.7 Å². The molecule has 0 aliphatic carbocycles. The first-order valence-electron chi connectivity index (χ1n) is 9.57. The summed E-state index contributed by atoms with van der Waals surface area (Å²) in [4.78, 5) is 11.1. The van der Waals surface area contributed by atoms with Crippen molar-refractivity contribution in [3.63, 3.8) is 0 Å². The highest BCUT2D eigenvalue weighted by Gasteiger charge is 2.16. The Morgan fingerprint density at radius 2 is 1.87 bits per heavy atom. The predicted octanol–water partition coefficient (Wildman–Crippen LogP) is 5.04. The number of hydrogen-bond acceptors (Lipinski definition) is 4. The van der Waals surface area contributed by atoms with E-state index in [4.69, 9.17) is 20.0 Å². The monoisotopic (exact) mass is 423 g/mol. The highest BCUT2D eigenvalue weighted by atomic mass is 19.1. The normalized spacial score (nSPS) is 11.1. The van der Waals surface area contributed by atoms with E-state index >= 15 is 0 Å². The molecule has 7 heteroatoms. The summed E-state index contributed by atoms with van der Waals surface area (Å²) in [5.41, 5.74) is 8.43. The molecule has 5 nitrogen and oxygen atoms in total. The van der Waals surface area contributed by atoms with E-state index in [1.54, 1.807) is 30.3 Å². The summed E-state index contributed by atoms with van der Waals surface area (Å²) < 4.78 is 39.9. The zero-order valence-electron chi connectivity index (χ0n) is 16.4. The van der Waals surface area contributed by atoms with Crippen molar-refractivity contribution >= 4 is 16.9 Å². The van der Waals surface area contributed by atoms with Gasteiger partial charge in [-0.2, -0.15) is 0 Å². The van der Waals surface area contributed by atoms with E-state index in [1.807, 2.05) is 6.07 Å². The molecule has 0 aliphatic rings. The second-order valence-corrected chi connectivity index (χ2v) is 7.08. The highest BCUT2D eigenvalue weighted by molar-refractivity contribution is 5.93. The van der Waals surface area contributed by atoms with Crippen LogP contribution in [0.1, 0.15) is 16.7 Å². The van der Waals surface area contributed by atoms with Gasteiger partial charge in [-0.3, -0.25) is 4.79 Å². The van der Waals surface area contributed by atoms with Crippen LogP contribution in [0.5, 0.6) is 5.75 Å². The summed E-state index contributed by atoms with van der Waals surface area (Å²) in [5.74, 6) is -1.77. The summed E-state index contributed by atoms with van der Waals surface area (Å²) in [5, 5.41) is 9.82. The van der Waals surface area contributed by atoms with Crippen LogP contribution in [0.25, 0.3) is 22.1 Å². The van der Waals surface area contributed by atoms with Crippen LogP contribution in [0.4, 0.5) is 8.78 Å². The van der Waals surface area contributed by atoms with Crippen molar-refractivity contribution in [2.24, 2.45) is 5.73 Å². The van der Waals surface area contributed by atoms with E-state index in [0.717, 1.165) is 11.5 Å². The van der Waals surface area contributed by atoms with Crippen LogP contribution in [0.3, 0.4) is 0 Å². The number of carboxylic acid groups (broad SMARTS) is 1. The molecule has 0 spiro atoms. The molecule has 4 aromatic rings. The fourth-order valence-electron chi connectivity index (χ4n) is 3.52. The molecule has 1 heterocycles. The number of halogens is 2. The summed E-state index contributed by atoms with van der Waals surface area (Å²) in [6.07, 6.45) is 1.16. The predicted molar refractivity (Wildman–Crippen MR) is 112 cm³/mol. The molecule has 3 aromatic carbocycles. The minimum Gasteiger partial charge on any atom is -0.489 e. The molecule has 0 bridgehead atoms. The second kappa shape index (κ2) is 8.57. The minimum absolute atomic E-state index is 0.0701. The zero-order valence-corrected chi connectivity index (χ0v) is 16.4. The lowest BCUT2D eigenvalue weighted by molar-refractivity contribution is -0.136. The fourth-order valence-corrected chi connectivity index (χ4v) is 3.52. The third-order valence-electron chi connectivity index (χ3n) is 4.96. The standard InChI is InChI=1S/C24H19F2NO4/c25-18-4-5-21(17(10-18)11-22(28)29)31-13-14-8-15-6-7-30-24(15)20(9-14)19-3-1-2-16(12-27)23(19)26/h1-10H,11-13,27H2,(H,28,29). The van der Waals surface area contributed by atoms with Gasteiger partial charge in [-0.1, -0.05) is 18.2 Å². The van der Waals surface area contributed by atoms with Crippen molar-refractivity contribution in [3.8, 4) is 16.9 Å². The number of carbonyl (C=O) groups is 1. The number of fused-ring (bicyclic) bond motifs is 1. The van der Waals surface area contributed by atoms with Gasteiger partial charge < -0.3 is 20.0 Å². The maximum Gasteiger partial charge on any atom is 0.307 e. The first-order valence-corrected chi connectivity index (χ1v) is 9.57. The van der Waals surface area contributed by atoms with E-state index in [0.29, 0.717) is 27.8 Å². The van der Waals surface area contributed by atoms with Crippen LogP contribution in [-0.4, -0.2) is 11.1 Å². The molecular weight excluding hydrogens is 404 g/mol. The lowest BCUT2D eigenvalue weighted by atomic mass is 9.98. The van der Waals surface area contributed by atoms with Gasteiger partial charge in [-0.15, -0.1) is 0 Å². The molecular formula is C24H19F2NO4. The van der Waals surface area contributed by atoms with Gasteiger partial charge in [-0.25, -0.2) is 8.78 Å². The van der Waals surface area contributed by atoms with Gasteiger partial charge in [0.05, 0.1) is 12.7 Å². The van der Waals surface area contributed by atoms with Gasteiger partial charge in [-0.05, 0) is 42.0 Å². The molecule has 0 unspecified atom stereocenters. The largest absolute Gasteiger partial charge is 0.489 e. The Balaban J connectivity index is 1.70. The van der Waals surface area contributed by atoms with Crippen LogP contribution >= 0.6 is 0 Å². The SMILES string of the molecule is NCc1cccc(-c2cc(COc3ccc(F)cc3CC(=O)O)cc3ccoc23)c1F. The summed E-state index contributed by atoms with van der Waals surface area (Å²) in [6.45, 7) is 0.144. The van der Waals surface area contributed by atoms with Crippen molar-refractivity contribution in [1.29, 1.82) is 0 Å². The Kier molecular flexibility index (Phi) is 5.68. The average molecular weight is 423 g/mol. The maximum absolute atomic E-state index is 14.9. The molecule has 158 valence electrons. The molecule has 3 N–H and O–H groups in total. The number of carboxylic acids is 1. The van der Waals surface area contributed by atoms with Gasteiger partial charge >= 0.3 is 5.97 Å². The lowest BCUT2D eigenvalue weighted by Crippen LogP contribution is -2.05. The average Bonchev–Trinajstić information content (AvgIpc) is 3.21. The Hall–Kier alpha value is -3.71. The molecule has 0 radical (unpaired) electrons. The van der Waals surface area contributed by atoms with Gasteiger partial charge in [0.15, 0.2) is 0 Å². The van der Waals surface area contributed by atoms with Crippen molar-refractivity contribution in [1.82, 2.24) is 0 Å². The van der Waals surface area contributed by atoms with E-state index < -0.39 is 17.6 Å². The molecule has 0 saturated heterocycles. The van der Waals surface area contributed by atoms with E-state index in [2.05, 4.69) is 0 Å². The lowest BCUT2D eigenvalue weighted by Gasteiger charge is -2.13. The zero-order chi connectivity index (χ0) is 22.0. The molecule has 31 heavy (non-hydrogen) atoms. The van der Waals surface area contributed by atoms with Gasteiger partial charge in [0, 0.05) is 34.2 Å². The molecule has 4 rings (SSSR count). The third kappa shape index (κ3) is 4.27. The van der Waals surface area contributed by atoms with Gasteiger partial charge in [0.1, 0.15) is 29.6 Å².